The van der Waals surface area contributed by atoms with Crippen molar-refractivity contribution in [2.75, 3.05) is 6.54 Å². The zero-order chi connectivity index (χ0) is 8.39. The summed E-state index contributed by atoms with van der Waals surface area (Å²) in [5, 5.41) is 3.70. The lowest BCUT2D eigenvalue weighted by Gasteiger charge is -2.16. The first-order valence-corrected chi connectivity index (χ1v) is 5.59. The Morgan fingerprint density at radius 2 is 2.00 bits per heavy atom. The summed E-state index contributed by atoms with van der Waals surface area (Å²) in [5.41, 5.74) is 0. The average molecular weight is 167 g/mol. The fraction of sp³-hybridized carbons (Fsp3) is 1.00. The first kappa shape index (κ1) is 8.55. The Morgan fingerprint density at radius 1 is 1.17 bits per heavy atom. The van der Waals surface area contributed by atoms with Crippen LogP contribution in [0.4, 0.5) is 0 Å². The maximum absolute atomic E-state index is 3.70. The Bertz CT molecular complexity index is 140. The normalized spacial score (nSPS) is 35.8. The van der Waals surface area contributed by atoms with Crippen molar-refractivity contribution in [3.8, 4) is 0 Å². The summed E-state index contributed by atoms with van der Waals surface area (Å²) in [6, 6.07) is 0.851. The lowest BCUT2D eigenvalue weighted by Crippen LogP contribution is -2.31. The highest BCUT2D eigenvalue weighted by Crippen LogP contribution is 2.32. The van der Waals surface area contributed by atoms with E-state index >= 15 is 0 Å². The van der Waals surface area contributed by atoms with E-state index in [9.17, 15) is 0 Å². The van der Waals surface area contributed by atoms with Crippen molar-refractivity contribution in [3.05, 3.63) is 0 Å². The van der Waals surface area contributed by atoms with Crippen LogP contribution in [0.5, 0.6) is 0 Å². The molecule has 0 spiro atoms. The van der Waals surface area contributed by atoms with E-state index in [0.29, 0.717) is 0 Å². The second kappa shape index (κ2) is 3.78. The van der Waals surface area contributed by atoms with Crippen molar-refractivity contribution in [2.24, 2.45) is 11.8 Å². The molecule has 1 heteroatoms. The third kappa shape index (κ3) is 2.22. The monoisotopic (exact) mass is 167 g/mol. The molecule has 70 valence electrons. The molecule has 2 unspecified atom stereocenters. The minimum Gasteiger partial charge on any atom is -0.314 e. The fourth-order valence-corrected chi connectivity index (χ4v) is 2.33. The average Bonchev–Trinajstić information content (AvgIpc) is 2.78. The minimum atomic E-state index is 0.851. The van der Waals surface area contributed by atoms with Gasteiger partial charge in [0.2, 0.25) is 0 Å². The molecule has 2 atom stereocenters. The van der Waals surface area contributed by atoms with Gasteiger partial charge < -0.3 is 5.32 Å². The zero-order valence-corrected chi connectivity index (χ0v) is 8.18. The van der Waals surface area contributed by atoms with Gasteiger partial charge in [-0.3, -0.25) is 0 Å². The summed E-state index contributed by atoms with van der Waals surface area (Å²) < 4.78 is 0. The Labute approximate surface area is 75.9 Å². The SMILES string of the molecule is CC1CCCC1NCCC1CC1. The third-order valence-corrected chi connectivity index (χ3v) is 3.52. The van der Waals surface area contributed by atoms with Gasteiger partial charge in [-0.05, 0) is 37.6 Å². The van der Waals surface area contributed by atoms with Crippen LogP contribution in [0.1, 0.15) is 45.4 Å². The molecule has 0 aromatic rings. The highest BCUT2D eigenvalue weighted by molar-refractivity contribution is 4.81. The molecule has 2 aliphatic rings. The summed E-state index contributed by atoms with van der Waals surface area (Å²) in [4.78, 5) is 0. The minimum absolute atomic E-state index is 0.851. The molecular weight excluding hydrogens is 146 g/mol. The fourth-order valence-electron chi connectivity index (χ4n) is 2.33. The molecule has 0 amide bonds. The van der Waals surface area contributed by atoms with E-state index < -0.39 is 0 Å². The van der Waals surface area contributed by atoms with Gasteiger partial charge in [0.05, 0.1) is 0 Å². The number of rotatable bonds is 4. The smallest absolute Gasteiger partial charge is 0.00926 e. The molecule has 2 saturated carbocycles. The van der Waals surface area contributed by atoms with Gasteiger partial charge in [-0.25, -0.2) is 0 Å². The quantitative estimate of drug-likeness (QED) is 0.678. The van der Waals surface area contributed by atoms with Crippen molar-refractivity contribution in [1.29, 1.82) is 0 Å². The van der Waals surface area contributed by atoms with E-state index in [-0.39, 0.29) is 0 Å². The molecule has 1 N–H and O–H groups in total. The van der Waals surface area contributed by atoms with Gasteiger partial charge in [-0.15, -0.1) is 0 Å². The molecule has 0 saturated heterocycles. The van der Waals surface area contributed by atoms with Crippen LogP contribution < -0.4 is 5.32 Å². The first-order valence-electron chi connectivity index (χ1n) is 5.59. The van der Waals surface area contributed by atoms with Gasteiger partial charge in [0.15, 0.2) is 0 Å². The predicted octanol–water partition coefficient (Wildman–Crippen LogP) is 2.56. The summed E-state index contributed by atoms with van der Waals surface area (Å²) in [7, 11) is 0. The van der Waals surface area contributed by atoms with E-state index in [0.717, 1.165) is 17.9 Å². The Hall–Kier alpha value is -0.0400. The van der Waals surface area contributed by atoms with Gasteiger partial charge in [0, 0.05) is 6.04 Å². The maximum Gasteiger partial charge on any atom is 0.00926 e. The van der Waals surface area contributed by atoms with Gasteiger partial charge in [0.25, 0.3) is 0 Å². The summed E-state index contributed by atoms with van der Waals surface area (Å²) in [5.74, 6) is 2.03. The number of hydrogen-bond acceptors (Lipinski definition) is 1. The standard InChI is InChI=1S/C11H21N/c1-9-3-2-4-11(9)12-8-7-10-5-6-10/h9-12H,2-8H2,1H3. The van der Waals surface area contributed by atoms with Crippen LogP contribution in [-0.2, 0) is 0 Å². The molecule has 2 rings (SSSR count). The molecule has 0 aliphatic heterocycles. The van der Waals surface area contributed by atoms with Crippen LogP contribution >= 0.6 is 0 Å². The lowest BCUT2D eigenvalue weighted by atomic mass is 10.1. The van der Waals surface area contributed by atoms with E-state index in [4.69, 9.17) is 0 Å². The molecule has 2 fully saturated rings. The molecule has 12 heavy (non-hydrogen) atoms. The third-order valence-electron chi connectivity index (χ3n) is 3.52. The Balaban J connectivity index is 1.58. The Kier molecular flexibility index (Phi) is 2.69. The zero-order valence-electron chi connectivity index (χ0n) is 8.18. The van der Waals surface area contributed by atoms with Crippen LogP contribution in [0.3, 0.4) is 0 Å². The van der Waals surface area contributed by atoms with Gasteiger partial charge in [0.1, 0.15) is 0 Å². The van der Waals surface area contributed by atoms with Crippen LogP contribution in [0, 0.1) is 11.8 Å². The lowest BCUT2D eigenvalue weighted by molar-refractivity contribution is 0.419. The van der Waals surface area contributed by atoms with Crippen molar-refractivity contribution >= 4 is 0 Å². The van der Waals surface area contributed by atoms with E-state index in [1.807, 2.05) is 0 Å². The highest BCUT2D eigenvalue weighted by atomic mass is 14.9. The topological polar surface area (TPSA) is 12.0 Å². The molecule has 0 aromatic carbocycles. The van der Waals surface area contributed by atoms with Crippen LogP contribution in [0.2, 0.25) is 0 Å². The molecule has 0 bridgehead atoms. The van der Waals surface area contributed by atoms with Gasteiger partial charge >= 0.3 is 0 Å². The highest BCUT2D eigenvalue weighted by Gasteiger charge is 2.24. The second-order valence-electron chi connectivity index (χ2n) is 4.70. The van der Waals surface area contributed by atoms with E-state index in [2.05, 4.69) is 12.2 Å². The van der Waals surface area contributed by atoms with Crippen molar-refractivity contribution in [2.45, 2.75) is 51.5 Å². The van der Waals surface area contributed by atoms with Crippen LogP contribution in [0.25, 0.3) is 0 Å². The molecule has 2 aliphatic carbocycles. The van der Waals surface area contributed by atoms with Gasteiger partial charge in [-0.2, -0.15) is 0 Å². The molecule has 1 nitrogen and oxygen atoms in total. The molecule has 0 radical (unpaired) electrons. The van der Waals surface area contributed by atoms with Crippen molar-refractivity contribution < 1.29 is 0 Å². The van der Waals surface area contributed by atoms with Gasteiger partial charge in [-0.1, -0.05) is 26.2 Å². The van der Waals surface area contributed by atoms with Crippen LogP contribution in [-0.4, -0.2) is 12.6 Å². The molecule has 0 heterocycles. The predicted molar refractivity (Wildman–Crippen MR) is 52.1 cm³/mol. The van der Waals surface area contributed by atoms with Crippen molar-refractivity contribution in [1.82, 2.24) is 5.32 Å². The second-order valence-corrected chi connectivity index (χ2v) is 4.70. The Morgan fingerprint density at radius 3 is 2.58 bits per heavy atom. The van der Waals surface area contributed by atoms with Crippen molar-refractivity contribution in [3.63, 3.8) is 0 Å². The molecular formula is C11H21N. The largest absolute Gasteiger partial charge is 0.314 e. The van der Waals surface area contributed by atoms with E-state index in [1.54, 1.807) is 0 Å². The van der Waals surface area contributed by atoms with E-state index in [1.165, 1.54) is 45.1 Å². The number of nitrogens with one attached hydrogen (secondary N) is 1. The summed E-state index contributed by atoms with van der Waals surface area (Å²) >= 11 is 0. The summed E-state index contributed by atoms with van der Waals surface area (Å²) in [6.45, 7) is 3.67. The summed E-state index contributed by atoms with van der Waals surface area (Å²) in [6.07, 6.45) is 8.75. The van der Waals surface area contributed by atoms with Crippen LogP contribution in [0.15, 0.2) is 0 Å². The number of hydrogen-bond donors (Lipinski definition) is 1. The molecule has 0 aromatic heterocycles. The first-order chi connectivity index (χ1) is 5.86. The maximum atomic E-state index is 3.70.